The van der Waals surface area contributed by atoms with Gasteiger partial charge < -0.3 is 9.47 Å². The van der Waals surface area contributed by atoms with Crippen LogP contribution in [0.2, 0.25) is 0 Å². The third-order valence-electron chi connectivity index (χ3n) is 3.02. The Bertz CT molecular complexity index is 745. The Morgan fingerprint density at radius 1 is 1.00 bits per heavy atom. The van der Waals surface area contributed by atoms with Crippen LogP contribution in [0, 0.1) is 0 Å². The molecule has 0 aromatic carbocycles. The highest BCUT2D eigenvalue weighted by Crippen LogP contribution is 2.44. The van der Waals surface area contributed by atoms with Crippen LogP contribution in [0.3, 0.4) is 0 Å². The lowest BCUT2D eigenvalue weighted by molar-refractivity contribution is -0.142. The van der Waals surface area contributed by atoms with Crippen molar-refractivity contribution in [3.05, 3.63) is 22.5 Å². The van der Waals surface area contributed by atoms with Gasteiger partial charge in [-0.05, 0) is 13.8 Å². The number of carbonyl (C=O) groups excluding carboxylic acids is 2. The number of nitrogens with zero attached hydrogens (tertiary/aromatic N) is 1. The summed E-state index contributed by atoms with van der Waals surface area (Å²) in [5.41, 5.74) is -5.18. The van der Waals surface area contributed by atoms with E-state index in [1.807, 2.05) is 0 Å². The van der Waals surface area contributed by atoms with Gasteiger partial charge in [0, 0.05) is 9.64 Å². The molecule has 28 heavy (non-hydrogen) atoms. The Hall–Kier alpha value is -1.91. The number of rotatable bonds is 6. The average molecular weight is 429 g/mol. The average Bonchev–Trinajstić information content (AvgIpc) is 2.51. The number of carbonyl (C=O) groups is 2. The molecule has 1 aromatic rings. The molecule has 0 atom stereocenters. The third-order valence-corrected chi connectivity index (χ3v) is 4.25. The van der Waals surface area contributed by atoms with Crippen molar-refractivity contribution in [1.82, 2.24) is 4.98 Å². The van der Waals surface area contributed by atoms with Gasteiger partial charge in [0.15, 0.2) is 5.69 Å². The van der Waals surface area contributed by atoms with Crippen molar-refractivity contribution in [2.24, 2.45) is 0 Å². The molecule has 0 amide bonds. The van der Waals surface area contributed by atoms with E-state index in [1.54, 1.807) is 20.8 Å². The summed E-state index contributed by atoms with van der Waals surface area (Å²) in [5, 5.41) is 0. The number of esters is 2. The first-order valence-electron chi connectivity index (χ1n) is 8.21. The standard InChI is InChI=1S/C17H20F5NO4S/c1-6-26-14(24)8-10(13(18)19)23-12(17(20,21)22)9(15(25)27-7-2)11(8)28-16(3,4)5/h13H,6-7H2,1-5H3. The van der Waals surface area contributed by atoms with E-state index in [-0.39, 0.29) is 13.2 Å². The first-order chi connectivity index (χ1) is 12.7. The third kappa shape index (κ3) is 5.79. The summed E-state index contributed by atoms with van der Waals surface area (Å²) in [4.78, 5) is 27.0. The molecule has 0 bridgehead atoms. The number of aromatic nitrogens is 1. The molecule has 0 aliphatic heterocycles. The summed E-state index contributed by atoms with van der Waals surface area (Å²) in [6.07, 6.45) is -8.73. The van der Waals surface area contributed by atoms with Gasteiger partial charge in [-0.1, -0.05) is 20.8 Å². The first kappa shape index (κ1) is 24.1. The normalized spacial score (nSPS) is 12.2. The van der Waals surface area contributed by atoms with Crippen LogP contribution >= 0.6 is 11.8 Å². The van der Waals surface area contributed by atoms with Crippen molar-refractivity contribution in [2.45, 2.75) is 56.9 Å². The second-order valence-corrected chi connectivity index (χ2v) is 8.22. The summed E-state index contributed by atoms with van der Waals surface area (Å²) < 4.78 is 76.3. The largest absolute Gasteiger partial charge is 0.462 e. The SMILES string of the molecule is CCOC(=O)c1c(C(F)F)nc(C(F)(F)F)c(C(=O)OCC)c1SC(C)(C)C. The molecule has 0 spiro atoms. The van der Waals surface area contributed by atoms with Crippen LogP contribution in [0.1, 0.15) is 73.1 Å². The zero-order valence-corrected chi connectivity index (χ0v) is 16.7. The van der Waals surface area contributed by atoms with Crippen LogP contribution in [0.25, 0.3) is 0 Å². The van der Waals surface area contributed by atoms with E-state index in [2.05, 4.69) is 9.72 Å². The summed E-state index contributed by atoms with van der Waals surface area (Å²) in [5.74, 6) is -2.71. The predicted molar refractivity (Wildman–Crippen MR) is 91.7 cm³/mol. The van der Waals surface area contributed by atoms with Gasteiger partial charge in [0.05, 0.1) is 13.2 Å². The lowest BCUT2D eigenvalue weighted by Gasteiger charge is -2.24. The van der Waals surface area contributed by atoms with E-state index in [0.717, 1.165) is 0 Å². The molecule has 0 fully saturated rings. The molecule has 11 heteroatoms. The topological polar surface area (TPSA) is 65.5 Å². The maximum absolute atomic E-state index is 13.5. The van der Waals surface area contributed by atoms with Gasteiger partial charge in [-0.2, -0.15) is 13.2 Å². The van der Waals surface area contributed by atoms with Crippen molar-refractivity contribution in [1.29, 1.82) is 0 Å². The number of hydrogen-bond donors (Lipinski definition) is 0. The van der Waals surface area contributed by atoms with Gasteiger partial charge in [0.1, 0.15) is 16.8 Å². The van der Waals surface area contributed by atoms with E-state index in [9.17, 15) is 31.5 Å². The van der Waals surface area contributed by atoms with Gasteiger partial charge in [-0.15, -0.1) is 11.8 Å². The van der Waals surface area contributed by atoms with Gasteiger partial charge in [0.2, 0.25) is 0 Å². The fraction of sp³-hybridized carbons (Fsp3) is 0.588. The number of halogens is 5. The molecule has 0 aliphatic rings. The molecule has 0 saturated carbocycles. The van der Waals surface area contributed by atoms with Crippen LogP contribution in [0.5, 0.6) is 0 Å². The fourth-order valence-electron chi connectivity index (χ4n) is 2.15. The minimum absolute atomic E-state index is 0.211. The molecule has 0 unspecified atom stereocenters. The summed E-state index contributed by atoms with van der Waals surface area (Å²) in [6.45, 7) is 7.04. The molecule has 1 aromatic heterocycles. The number of ether oxygens (including phenoxy) is 2. The first-order valence-corrected chi connectivity index (χ1v) is 9.02. The highest BCUT2D eigenvalue weighted by Gasteiger charge is 2.44. The molecular formula is C17H20F5NO4S. The number of thioether (sulfide) groups is 1. The molecule has 5 nitrogen and oxygen atoms in total. The van der Waals surface area contributed by atoms with Crippen LogP contribution in [0.15, 0.2) is 4.90 Å². The Balaban J connectivity index is 4.08. The van der Waals surface area contributed by atoms with Crippen molar-refractivity contribution in [2.75, 3.05) is 13.2 Å². The van der Waals surface area contributed by atoms with Gasteiger partial charge in [0.25, 0.3) is 6.43 Å². The quantitative estimate of drug-likeness (QED) is 0.348. The fourth-order valence-corrected chi connectivity index (χ4v) is 3.33. The molecule has 0 aliphatic carbocycles. The van der Waals surface area contributed by atoms with Crippen LogP contribution < -0.4 is 0 Å². The lowest BCUT2D eigenvalue weighted by atomic mass is 10.1. The van der Waals surface area contributed by atoms with Gasteiger partial charge in [-0.3, -0.25) is 0 Å². The molecule has 158 valence electrons. The van der Waals surface area contributed by atoms with Crippen molar-refractivity contribution < 1.29 is 41.0 Å². The van der Waals surface area contributed by atoms with E-state index in [0.29, 0.717) is 11.8 Å². The molecule has 0 saturated heterocycles. The second-order valence-electron chi connectivity index (χ2n) is 6.38. The maximum Gasteiger partial charge on any atom is 0.434 e. The van der Waals surface area contributed by atoms with E-state index in [1.165, 1.54) is 13.8 Å². The van der Waals surface area contributed by atoms with E-state index >= 15 is 0 Å². The number of pyridine rings is 1. The summed E-state index contributed by atoms with van der Waals surface area (Å²) >= 11 is 0.649. The summed E-state index contributed by atoms with van der Waals surface area (Å²) in [7, 11) is 0. The monoisotopic (exact) mass is 429 g/mol. The number of hydrogen-bond acceptors (Lipinski definition) is 6. The number of alkyl halides is 5. The minimum Gasteiger partial charge on any atom is -0.462 e. The Labute approximate surface area is 163 Å². The zero-order chi connectivity index (χ0) is 21.9. The Morgan fingerprint density at radius 2 is 1.46 bits per heavy atom. The predicted octanol–water partition coefficient (Wildman–Crippen LogP) is 5.28. The van der Waals surface area contributed by atoms with Crippen molar-refractivity contribution in [3.63, 3.8) is 0 Å². The lowest BCUT2D eigenvalue weighted by Crippen LogP contribution is -2.25. The molecule has 1 heterocycles. The molecular weight excluding hydrogens is 409 g/mol. The highest BCUT2D eigenvalue weighted by atomic mass is 32.2. The van der Waals surface area contributed by atoms with Gasteiger partial charge in [-0.25, -0.2) is 23.4 Å². The molecule has 0 radical (unpaired) electrons. The Morgan fingerprint density at radius 3 is 1.82 bits per heavy atom. The highest BCUT2D eigenvalue weighted by molar-refractivity contribution is 8.00. The van der Waals surface area contributed by atoms with Crippen molar-refractivity contribution in [3.8, 4) is 0 Å². The Kier molecular flexibility index (Phi) is 7.81. The molecule has 0 N–H and O–H groups in total. The van der Waals surface area contributed by atoms with E-state index < -0.39 is 56.7 Å². The molecule has 1 rings (SSSR count). The van der Waals surface area contributed by atoms with Crippen LogP contribution in [-0.4, -0.2) is 34.9 Å². The van der Waals surface area contributed by atoms with Crippen LogP contribution in [-0.2, 0) is 15.7 Å². The summed E-state index contributed by atoms with van der Waals surface area (Å²) in [6, 6.07) is 0. The second kappa shape index (κ2) is 9.06. The zero-order valence-electron chi connectivity index (χ0n) is 15.9. The van der Waals surface area contributed by atoms with Crippen LogP contribution in [0.4, 0.5) is 22.0 Å². The minimum atomic E-state index is -5.23. The smallest absolute Gasteiger partial charge is 0.434 e. The van der Waals surface area contributed by atoms with Gasteiger partial charge >= 0.3 is 18.1 Å². The van der Waals surface area contributed by atoms with E-state index in [4.69, 9.17) is 4.74 Å². The van der Waals surface area contributed by atoms with Crippen molar-refractivity contribution >= 4 is 23.7 Å². The maximum atomic E-state index is 13.5.